The zero-order valence-electron chi connectivity index (χ0n) is 11.7. The van der Waals surface area contributed by atoms with Crippen LogP contribution in [-0.4, -0.2) is 19.5 Å². The molecule has 1 heterocycles. The van der Waals surface area contributed by atoms with Crippen molar-refractivity contribution in [2.24, 2.45) is 0 Å². The van der Waals surface area contributed by atoms with E-state index in [1.165, 1.54) is 12.2 Å². The van der Waals surface area contributed by atoms with Crippen molar-refractivity contribution in [1.29, 1.82) is 0 Å². The van der Waals surface area contributed by atoms with Gasteiger partial charge in [0.15, 0.2) is 9.84 Å². The van der Waals surface area contributed by atoms with Crippen molar-refractivity contribution < 1.29 is 13.2 Å². The fourth-order valence-electron chi connectivity index (χ4n) is 2.65. The zero-order valence-corrected chi connectivity index (χ0v) is 12.6. The Bertz CT molecular complexity index is 684. The van der Waals surface area contributed by atoms with Crippen LogP contribution in [0.1, 0.15) is 23.7 Å². The van der Waals surface area contributed by atoms with E-state index in [1.54, 1.807) is 30.3 Å². The molecule has 1 aromatic rings. The zero-order chi connectivity index (χ0) is 15.5. The lowest BCUT2D eigenvalue weighted by Gasteiger charge is -2.29. The Balaban J connectivity index is 2.50. The number of sulfone groups is 1. The van der Waals surface area contributed by atoms with Crippen LogP contribution in [0.5, 0.6) is 0 Å². The summed E-state index contributed by atoms with van der Waals surface area (Å²) >= 11 is 0. The van der Waals surface area contributed by atoms with E-state index in [-0.39, 0.29) is 18.6 Å². The second-order valence-corrected chi connectivity index (χ2v) is 7.35. The molecule has 3 nitrogen and oxygen atoms in total. The Hall–Kier alpha value is -1.94. The van der Waals surface area contributed by atoms with E-state index in [0.29, 0.717) is 11.1 Å². The molecule has 1 saturated heterocycles. The number of benzene rings is 1. The lowest BCUT2D eigenvalue weighted by Crippen LogP contribution is -2.36. The third-order valence-electron chi connectivity index (χ3n) is 3.71. The van der Waals surface area contributed by atoms with Crippen molar-refractivity contribution >= 4 is 15.6 Å². The van der Waals surface area contributed by atoms with Gasteiger partial charge in [0.25, 0.3) is 0 Å². The van der Waals surface area contributed by atoms with Crippen LogP contribution in [0.2, 0.25) is 0 Å². The van der Waals surface area contributed by atoms with Gasteiger partial charge in [-0.25, -0.2) is 8.42 Å². The number of carbonyl (C=O) groups is 1. The Kier molecular flexibility index (Phi) is 4.58. The average Bonchev–Trinajstić information content (AvgIpc) is 2.48. The van der Waals surface area contributed by atoms with Crippen LogP contribution >= 0.6 is 0 Å². The van der Waals surface area contributed by atoms with Crippen LogP contribution < -0.4 is 0 Å². The molecule has 21 heavy (non-hydrogen) atoms. The fraction of sp³-hybridized carbons (Fsp3) is 0.235. The summed E-state index contributed by atoms with van der Waals surface area (Å²) < 4.78 is 25.7. The lowest BCUT2D eigenvalue weighted by molar-refractivity contribution is -0.119. The highest BCUT2D eigenvalue weighted by Gasteiger charge is 2.43. The molecule has 0 saturated carbocycles. The van der Waals surface area contributed by atoms with Crippen molar-refractivity contribution in [2.75, 3.05) is 0 Å². The Labute approximate surface area is 125 Å². The molecule has 0 aliphatic carbocycles. The molecule has 0 bridgehead atoms. The minimum absolute atomic E-state index is 0.0113. The summed E-state index contributed by atoms with van der Waals surface area (Å²) in [7, 11) is -3.49. The first-order valence-corrected chi connectivity index (χ1v) is 8.36. The maximum Gasteiger partial charge on any atom is 0.165 e. The third-order valence-corrected chi connectivity index (χ3v) is 6.17. The molecular weight excluding hydrogens is 284 g/mol. The molecule has 2 unspecified atom stereocenters. The van der Waals surface area contributed by atoms with Crippen LogP contribution in [0.3, 0.4) is 0 Å². The van der Waals surface area contributed by atoms with Crippen molar-refractivity contribution in [3.8, 4) is 0 Å². The van der Waals surface area contributed by atoms with E-state index in [0.717, 1.165) is 0 Å². The van der Waals surface area contributed by atoms with Crippen LogP contribution in [0.25, 0.3) is 0 Å². The molecule has 0 spiro atoms. The number of hydrogen-bond donors (Lipinski definition) is 0. The molecule has 0 N–H and O–H groups in total. The second-order valence-electron chi connectivity index (χ2n) is 5.03. The first-order chi connectivity index (χ1) is 10.0. The maximum atomic E-state index is 12.9. The Morgan fingerprint density at radius 2 is 1.81 bits per heavy atom. The predicted molar refractivity (Wildman–Crippen MR) is 84.6 cm³/mol. The highest BCUT2D eigenvalue weighted by molar-refractivity contribution is 7.92. The smallest absolute Gasteiger partial charge is 0.165 e. The van der Waals surface area contributed by atoms with Crippen LogP contribution in [0.15, 0.2) is 67.3 Å². The van der Waals surface area contributed by atoms with Crippen LogP contribution in [0.4, 0.5) is 0 Å². The van der Waals surface area contributed by atoms with Gasteiger partial charge in [-0.15, -0.1) is 0 Å². The molecule has 2 atom stereocenters. The molecule has 110 valence electrons. The van der Waals surface area contributed by atoms with Gasteiger partial charge in [-0.1, -0.05) is 61.7 Å². The lowest BCUT2D eigenvalue weighted by atomic mass is 10.00. The minimum atomic E-state index is -3.49. The third kappa shape index (κ3) is 3.05. The summed E-state index contributed by atoms with van der Waals surface area (Å²) in [5.74, 6) is -0.0412. The summed E-state index contributed by atoms with van der Waals surface area (Å²) in [4.78, 5) is 12.0. The summed E-state index contributed by atoms with van der Waals surface area (Å²) in [6.45, 7) is 7.23. The number of Topliss-reactive ketones (excluding diaryl/α,β-unsaturated/α-hetero) is 1. The van der Waals surface area contributed by atoms with E-state index in [2.05, 4.69) is 13.2 Å². The number of hydrogen-bond acceptors (Lipinski definition) is 3. The van der Waals surface area contributed by atoms with Gasteiger partial charge >= 0.3 is 0 Å². The summed E-state index contributed by atoms with van der Waals surface area (Å²) in [5, 5.41) is -1.61. The molecule has 2 rings (SSSR count). The summed E-state index contributed by atoms with van der Waals surface area (Å²) in [6, 6.07) is 8.90. The predicted octanol–water partition coefficient (Wildman–Crippen LogP) is 3.17. The molecular formula is C17H18O3S. The molecule has 1 aliphatic heterocycles. The van der Waals surface area contributed by atoms with E-state index >= 15 is 0 Å². The second kappa shape index (κ2) is 6.22. The molecule has 0 amide bonds. The number of allylic oxidation sites excluding steroid dienone is 3. The summed E-state index contributed by atoms with van der Waals surface area (Å²) in [6.07, 6.45) is 4.67. The fourth-order valence-corrected chi connectivity index (χ4v) is 4.98. The van der Waals surface area contributed by atoms with Gasteiger partial charge in [0.05, 0.1) is 10.5 Å². The van der Waals surface area contributed by atoms with E-state index in [4.69, 9.17) is 0 Å². The molecule has 1 aromatic carbocycles. The van der Waals surface area contributed by atoms with Crippen LogP contribution in [-0.2, 0) is 14.6 Å². The molecule has 1 aliphatic rings. The van der Waals surface area contributed by atoms with Gasteiger partial charge in [-0.2, -0.15) is 0 Å². The SMILES string of the molecule is C=C/C=C(\C=C)C1CC(=O)CC(c2ccccc2)S1(=O)=O. The molecule has 4 heteroatoms. The van der Waals surface area contributed by atoms with Crippen molar-refractivity contribution in [3.05, 3.63) is 72.9 Å². The topological polar surface area (TPSA) is 51.2 Å². The van der Waals surface area contributed by atoms with Gasteiger partial charge < -0.3 is 0 Å². The Morgan fingerprint density at radius 3 is 2.38 bits per heavy atom. The van der Waals surface area contributed by atoms with Gasteiger partial charge in [0.2, 0.25) is 0 Å². The van der Waals surface area contributed by atoms with Gasteiger partial charge in [-0.05, 0) is 11.1 Å². The largest absolute Gasteiger partial charge is 0.300 e. The monoisotopic (exact) mass is 302 g/mol. The minimum Gasteiger partial charge on any atom is -0.300 e. The van der Waals surface area contributed by atoms with Gasteiger partial charge in [-0.3, -0.25) is 4.79 Å². The van der Waals surface area contributed by atoms with Crippen molar-refractivity contribution in [3.63, 3.8) is 0 Å². The summed E-state index contributed by atoms with van der Waals surface area (Å²) in [5.41, 5.74) is 1.19. The number of rotatable bonds is 4. The first kappa shape index (κ1) is 15.4. The first-order valence-electron chi connectivity index (χ1n) is 6.75. The standard InChI is InChI=1S/C17H18O3S/c1-3-8-13(4-2)16-11-15(18)12-17(21(16,19)20)14-9-6-5-7-10-14/h3-10,16-17H,1-2,11-12H2/b13-8+. The van der Waals surface area contributed by atoms with E-state index in [9.17, 15) is 13.2 Å². The quantitative estimate of drug-likeness (QED) is 0.803. The van der Waals surface area contributed by atoms with E-state index < -0.39 is 20.3 Å². The maximum absolute atomic E-state index is 12.9. The Morgan fingerprint density at radius 1 is 1.14 bits per heavy atom. The van der Waals surface area contributed by atoms with Gasteiger partial charge in [0, 0.05) is 12.8 Å². The van der Waals surface area contributed by atoms with Gasteiger partial charge in [0.1, 0.15) is 5.78 Å². The average molecular weight is 302 g/mol. The highest BCUT2D eigenvalue weighted by Crippen LogP contribution is 2.38. The highest BCUT2D eigenvalue weighted by atomic mass is 32.2. The number of carbonyl (C=O) groups excluding carboxylic acids is 1. The normalized spacial score (nSPS) is 25.3. The van der Waals surface area contributed by atoms with Crippen LogP contribution in [0, 0.1) is 0 Å². The molecule has 0 aromatic heterocycles. The van der Waals surface area contributed by atoms with Crippen molar-refractivity contribution in [2.45, 2.75) is 23.3 Å². The number of ketones is 1. The molecule has 0 radical (unpaired) electrons. The molecule has 1 fully saturated rings. The van der Waals surface area contributed by atoms with E-state index in [1.807, 2.05) is 6.07 Å². The van der Waals surface area contributed by atoms with Crippen molar-refractivity contribution in [1.82, 2.24) is 0 Å².